The standard InChI is InChI=1S/C15H22O2/c1-14(2,3)9-11-4-5-13(16)12(8-11)10-15(17)6-7-15/h4-5,8,16-17H,6-7,9-10H2,1-3H3. The van der Waals surface area contributed by atoms with Crippen molar-refractivity contribution in [2.24, 2.45) is 5.41 Å². The Balaban J connectivity index is 2.17. The molecule has 94 valence electrons. The Labute approximate surface area is 103 Å². The summed E-state index contributed by atoms with van der Waals surface area (Å²) in [5.74, 6) is 0.308. The second-order valence-electron chi connectivity index (χ2n) is 6.60. The molecule has 2 heteroatoms. The number of hydrogen-bond acceptors (Lipinski definition) is 2. The first-order chi connectivity index (χ1) is 7.77. The Morgan fingerprint density at radius 1 is 1.24 bits per heavy atom. The van der Waals surface area contributed by atoms with E-state index in [1.807, 2.05) is 12.1 Å². The van der Waals surface area contributed by atoms with Gasteiger partial charge in [-0.3, -0.25) is 0 Å². The van der Waals surface area contributed by atoms with E-state index in [1.165, 1.54) is 5.56 Å². The highest BCUT2D eigenvalue weighted by Crippen LogP contribution is 2.40. The van der Waals surface area contributed by atoms with Crippen LogP contribution < -0.4 is 0 Å². The van der Waals surface area contributed by atoms with Gasteiger partial charge in [0.1, 0.15) is 5.75 Å². The first-order valence-corrected chi connectivity index (χ1v) is 6.31. The van der Waals surface area contributed by atoms with Crippen LogP contribution >= 0.6 is 0 Å². The number of phenols is 1. The summed E-state index contributed by atoms with van der Waals surface area (Å²) in [7, 11) is 0. The number of rotatable bonds is 3. The average molecular weight is 234 g/mol. The molecular weight excluding hydrogens is 212 g/mol. The summed E-state index contributed by atoms with van der Waals surface area (Å²) in [5, 5.41) is 19.7. The van der Waals surface area contributed by atoms with Gasteiger partial charge in [0.2, 0.25) is 0 Å². The van der Waals surface area contributed by atoms with Gasteiger partial charge in [-0.1, -0.05) is 32.9 Å². The molecule has 0 amide bonds. The van der Waals surface area contributed by atoms with Crippen molar-refractivity contribution in [2.75, 3.05) is 0 Å². The lowest BCUT2D eigenvalue weighted by Gasteiger charge is -2.19. The van der Waals surface area contributed by atoms with Crippen molar-refractivity contribution >= 4 is 0 Å². The smallest absolute Gasteiger partial charge is 0.118 e. The first kappa shape index (κ1) is 12.4. The van der Waals surface area contributed by atoms with Gasteiger partial charge >= 0.3 is 0 Å². The lowest BCUT2D eigenvalue weighted by molar-refractivity contribution is 0.150. The molecule has 0 atom stereocenters. The van der Waals surface area contributed by atoms with Crippen molar-refractivity contribution in [3.63, 3.8) is 0 Å². The lowest BCUT2D eigenvalue weighted by Crippen LogP contribution is -2.12. The maximum atomic E-state index is 9.92. The highest BCUT2D eigenvalue weighted by molar-refractivity contribution is 5.38. The van der Waals surface area contributed by atoms with Gasteiger partial charge in [0.25, 0.3) is 0 Å². The van der Waals surface area contributed by atoms with Gasteiger partial charge in [-0.05, 0) is 41.9 Å². The summed E-state index contributed by atoms with van der Waals surface area (Å²) in [5.41, 5.74) is 1.81. The fourth-order valence-corrected chi connectivity index (χ4v) is 2.18. The first-order valence-electron chi connectivity index (χ1n) is 6.31. The van der Waals surface area contributed by atoms with E-state index in [0.717, 1.165) is 24.8 Å². The number of hydrogen-bond donors (Lipinski definition) is 2. The molecule has 2 N–H and O–H groups in total. The van der Waals surface area contributed by atoms with Crippen molar-refractivity contribution in [2.45, 2.75) is 52.1 Å². The molecule has 17 heavy (non-hydrogen) atoms. The molecule has 0 unspecified atom stereocenters. The minimum Gasteiger partial charge on any atom is -0.508 e. The Kier molecular flexibility index (Phi) is 2.94. The van der Waals surface area contributed by atoms with Crippen molar-refractivity contribution in [1.29, 1.82) is 0 Å². The Morgan fingerprint density at radius 3 is 2.41 bits per heavy atom. The zero-order valence-corrected chi connectivity index (χ0v) is 11.0. The molecule has 1 aromatic carbocycles. The molecule has 0 heterocycles. The van der Waals surface area contributed by atoms with E-state index in [2.05, 4.69) is 20.8 Å². The molecule has 0 radical (unpaired) electrons. The molecule has 0 spiro atoms. The van der Waals surface area contributed by atoms with Crippen molar-refractivity contribution in [3.8, 4) is 5.75 Å². The third-order valence-electron chi connectivity index (χ3n) is 3.23. The minimum absolute atomic E-state index is 0.241. The third kappa shape index (κ3) is 3.47. The molecule has 0 saturated heterocycles. The summed E-state index contributed by atoms with van der Waals surface area (Å²) in [4.78, 5) is 0. The zero-order chi connectivity index (χ0) is 12.7. The topological polar surface area (TPSA) is 40.5 Å². The number of aromatic hydroxyl groups is 1. The van der Waals surface area contributed by atoms with Crippen molar-refractivity contribution in [3.05, 3.63) is 29.3 Å². The average Bonchev–Trinajstić information content (AvgIpc) is 2.87. The molecule has 1 aliphatic rings. The van der Waals surface area contributed by atoms with E-state index >= 15 is 0 Å². The van der Waals surface area contributed by atoms with Gasteiger partial charge in [0, 0.05) is 6.42 Å². The van der Waals surface area contributed by atoms with Crippen LogP contribution in [-0.2, 0) is 12.8 Å². The predicted molar refractivity (Wildman–Crippen MR) is 69.2 cm³/mol. The second kappa shape index (κ2) is 4.02. The van der Waals surface area contributed by atoms with Crippen molar-refractivity contribution < 1.29 is 10.2 Å². The van der Waals surface area contributed by atoms with Gasteiger partial charge in [0.15, 0.2) is 0 Å². The van der Waals surface area contributed by atoms with Crippen LogP contribution in [0, 0.1) is 5.41 Å². The maximum Gasteiger partial charge on any atom is 0.118 e. The SMILES string of the molecule is CC(C)(C)Cc1ccc(O)c(CC2(O)CC2)c1. The molecule has 0 bridgehead atoms. The molecule has 1 aliphatic carbocycles. The van der Waals surface area contributed by atoms with Crippen LogP contribution in [0.4, 0.5) is 0 Å². The molecule has 1 saturated carbocycles. The van der Waals surface area contributed by atoms with E-state index in [4.69, 9.17) is 0 Å². The van der Waals surface area contributed by atoms with Crippen LogP contribution in [0.3, 0.4) is 0 Å². The summed E-state index contributed by atoms with van der Waals surface area (Å²) < 4.78 is 0. The second-order valence-corrected chi connectivity index (χ2v) is 6.60. The summed E-state index contributed by atoms with van der Waals surface area (Å²) in [6.45, 7) is 6.61. The van der Waals surface area contributed by atoms with Crippen LogP contribution in [-0.4, -0.2) is 15.8 Å². The van der Waals surface area contributed by atoms with Gasteiger partial charge < -0.3 is 10.2 Å². The number of aliphatic hydroxyl groups is 1. The molecule has 1 fully saturated rings. The fraction of sp³-hybridized carbons (Fsp3) is 0.600. The van der Waals surface area contributed by atoms with E-state index in [0.29, 0.717) is 12.2 Å². The van der Waals surface area contributed by atoms with Crippen LogP contribution in [0.25, 0.3) is 0 Å². The fourth-order valence-electron chi connectivity index (χ4n) is 2.18. The quantitative estimate of drug-likeness (QED) is 0.844. The number of benzene rings is 1. The van der Waals surface area contributed by atoms with Crippen LogP contribution in [0.5, 0.6) is 5.75 Å². The van der Waals surface area contributed by atoms with E-state index in [9.17, 15) is 10.2 Å². The highest BCUT2D eigenvalue weighted by Gasteiger charge is 2.40. The highest BCUT2D eigenvalue weighted by atomic mass is 16.3. The van der Waals surface area contributed by atoms with Crippen LogP contribution in [0.15, 0.2) is 18.2 Å². The zero-order valence-electron chi connectivity index (χ0n) is 11.0. The van der Waals surface area contributed by atoms with Gasteiger partial charge in [0.05, 0.1) is 5.60 Å². The molecule has 0 aliphatic heterocycles. The van der Waals surface area contributed by atoms with E-state index in [1.54, 1.807) is 6.07 Å². The van der Waals surface area contributed by atoms with Gasteiger partial charge in [-0.2, -0.15) is 0 Å². The van der Waals surface area contributed by atoms with Crippen molar-refractivity contribution in [1.82, 2.24) is 0 Å². The largest absolute Gasteiger partial charge is 0.508 e. The predicted octanol–water partition coefficient (Wildman–Crippen LogP) is 3.05. The van der Waals surface area contributed by atoms with E-state index in [-0.39, 0.29) is 5.41 Å². The number of phenolic OH excluding ortho intramolecular Hbond substituents is 1. The van der Waals surface area contributed by atoms with Gasteiger partial charge in [-0.15, -0.1) is 0 Å². The molecule has 1 aromatic rings. The Bertz CT molecular complexity index is 411. The lowest BCUT2D eigenvalue weighted by atomic mass is 9.87. The Morgan fingerprint density at radius 2 is 1.88 bits per heavy atom. The van der Waals surface area contributed by atoms with E-state index < -0.39 is 5.60 Å². The monoisotopic (exact) mass is 234 g/mol. The third-order valence-corrected chi connectivity index (χ3v) is 3.23. The Hall–Kier alpha value is -1.02. The van der Waals surface area contributed by atoms with Crippen LogP contribution in [0.2, 0.25) is 0 Å². The normalized spacial score (nSPS) is 18.1. The molecular formula is C15H22O2. The maximum absolute atomic E-state index is 9.92. The summed E-state index contributed by atoms with van der Waals surface area (Å²) >= 11 is 0. The molecule has 0 aromatic heterocycles. The molecule has 2 rings (SSSR count). The summed E-state index contributed by atoms with van der Waals surface area (Å²) in [6, 6.07) is 5.76. The minimum atomic E-state index is -0.544. The summed E-state index contributed by atoms with van der Waals surface area (Å²) in [6.07, 6.45) is 3.28. The molecule has 2 nitrogen and oxygen atoms in total. The van der Waals surface area contributed by atoms with Gasteiger partial charge in [-0.25, -0.2) is 0 Å². The van der Waals surface area contributed by atoms with Crippen LogP contribution in [0.1, 0.15) is 44.7 Å².